The topological polar surface area (TPSA) is 46.9 Å². The Hall–Kier alpha value is -1.54. The standard InChI is InChI=1S/C12H11ClF3N3OS/c1-7(8-2-3-21-5-8)18-9-4-17-19(6-12(14,15)16)11(20)10(9)13/h2-5,7,18H,6H2,1H3. The smallest absolute Gasteiger partial charge is 0.376 e. The van der Waals surface area contributed by atoms with Gasteiger partial charge in [-0.3, -0.25) is 4.79 Å². The summed E-state index contributed by atoms with van der Waals surface area (Å²) in [5.74, 6) is 0. The van der Waals surface area contributed by atoms with E-state index in [1.807, 2.05) is 23.8 Å². The third kappa shape index (κ3) is 3.98. The Morgan fingerprint density at radius 3 is 2.81 bits per heavy atom. The average Bonchev–Trinajstić information content (AvgIpc) is 2.91. The second-order valence-corrected chi connectivity index (χ2v) is 5.53. The van der Waals surface area contributed by atoms with Gasteiger partial charge in [0.05, 0.1) is 11.9 Å². The molecule has 0 radical (unpaired) electrons. The van der Waals surface area contributed by atoms with Gasteiger partial charge in [-0.2, -0.15) is 29.6 Å². The summed E-state index contributed by atoms with van der Waals surface area (Å²) in [6.45, 7) is 0.381. The fraction of sp³-hybridized carbons (Fsp3) is 0.333. The highest BCUT2D eigenvalue weighted by atomic mass is 35.5. The molecule has 21 heavy (non-hydrogen) atoms. The molecular weight excluding hydrogens is 327 g/mol. The molecule has 0 fully saturated rings. The largest absolute Gasteiger partial charge is 0.408 e. The van der Waals surface area contributed by atoms with Crippen molar-refractivity contribution in [3.63, 3.8) is 0 Å². The first-order valence-corrected chi connectivity index (χ1v) is 7.21. The fourth-order valence-corrected chi connectivity index (χ4v) is 2.64. The second kappa shape index (κ2) is 6.07. The number of nitrogens with one attached hydrogen (secondary N) is 1. The molecular formula is C12H11ClF3N3OS. The van der Waals surface area contributed by atoms with Crippen molar-refractivity contribution >= 4 is 28.6 Å². The fourth-order valence-electron chi connectivity index (χ4n) is 1.69. The summed E-state index contributed by atoms with van der Waals surface area (Å²) in [6, 6.07) is 1.75. The van der Waals surface area contributed by atoms with E-state index in [2.05, 4.69) is 10.4 Å². The first-order chi connectivity index (χ1) is 9.78. The molecule has 0 bridgehead atoms. The van der Waals surface area contributed by atoms with Crippen LogP contribution in [0.3, 0.4) is 0 Å². The molecule has 4 nitrogen and oxygen atoms in total. The summed E-state index contributed by atoms with van der Waals surface area (Å²) in [7, 11) is 0. The highest BCUT2D eigenvalue weighted by Crippen LogP contribution is 2.24. The summed E-state index contributed by atoms with van der Waals surface area (Å²) in [6.07, 6.45) is -3.41. The summed E-state index contributed by atoms with van der Waals surface area (Å²) < 4.78 is 37.2. The van der Waals surface area contributed by atoms with Crippen LogP contribution in [0.25, 0.3) is 0 Å². The maximum absolute atomic E-state index is 12.3. The Kier molecular flexibility index (Phi) is 4.58. The van der Waals surface area contributed by atoms with Crippen molar-refractivity contribution in [1.82, 2.24) is 9.78 Å². The second-order valence-electron chi connectivity index (χ2n) is 4.37. The average molecular weight is 338 g/mol. The lowest BCUT2D eigenvalue weighted by Gasteiger charge is -2.16. The van der Waals surface area contributed by atoms with E-state index in [1.54, 1.807) is 0 Å². The van der Waals surface area contributed by atoms with Gasteiger partial charge < -0.3 is 5.32 Å². The number of rotatable bonds is 4. The molecule has 1 atom stereocenters. The summed E-state index contributed by atoms with van der Waals surface area (Å²) in [4.78, 5) is 11.8. The van der Waals surface area contributed by atoms with E-state index in [0.717, 1.165) is 11.8 Å². The third-order valence-corrected chi connectivity index (χ3v) is 3.80. The Balaban J connectivity index is 2.23. The molecule has 2 heterocycles. The van der Waals surface area contributed by atoms with Gasteiger partial charge >= 0.3 is 6.18 Å². The van der Waals surface area contributed by atoms with Crippen molar-refractivity contribution in [1.29, 1.82) is 0 Å². The summed E-state index contributed by atoms with van der Waals surface area (Å²) in [5, 5.41) is 9.97. The van der Waals surface area contributed by atoms with Gasteiger partial charge in [-0.1, -0.05) is 11.6 Å². The molecule has 114 valence electrons. The lowest BCUT2D eigenvalue weighted by Crippen LogP contribution is -2.31. The Labute approximate surface area is 127 Å². The number of halogens is 4. The van der Waals surface area contributed by atoms with Crippen LogP contribution in [0.4, 0.5) is 18.9 Å². The van der Waals surface area contributed by atoms with Gasteiger partial charge in [0.15, 0.2) is 0 Å². The van der Waals surface area contributed by atoms with Gasteiger partial charge in [-0.25, -0.2) is 4.68 Å². The molecule has 9 heteroatoms. The van der Waals surface area contributed by atoms with Crippen LogP contribution in [-0.2, 0) is 6.54 Å². The molecule has 0 aromatic carbocycles. The predicted molar refractivity (Wildman–Crippen MR) is 75.9 cm³/mol. The van der Waals surface area contributed by atoms with Crippen LogP contribution in [0.1, 0.15) is 18.5 Å². The Bertz CT molecular complexity index is 669. The van der Waals surface area contributed by atoms with E-state index < -0.39 is 18.3 Å². The van der Waals surface area contributed by atoms with Crippen LogP contribution in [0.15, 0.2) is 27.8 Å². The van der Waals surface area contributed by atoms with Crippen LogP contribution in [0.2, 0.25) is 5.02 Å². The van der Waals surface area contributed by atoms with E-state index in [0.29, 0.717) is 4.68 Å². The monoisotopic (exact) mass is 337 g/mol. The van der Waals surface area contributed by atoms with Gasteiger partial charge in [0.2, 0.25) is 0 Å². The van der Waals surface area contributed by atoms with Crippen molar-refractivity contribution < 1.29 is 13.2 Å². The van der Waals surface area contributed by atoms with Gasteiger partial charge in [0.25, 0.3) is 5.56 Å². The Morgan fingerprint density at radius 2 is 2.24 bits per heavy atom. The molecule has 2 aromatic rings. The summed E-state index contributed by atoms with van der Waals surface area (Å²) >= 11 is 7.35. The van der Waals surface area contributed by atoms with Crippen LogP contribution in [0.5, 0.6) is 0 Å². The molecule has 1 unspecified atom stereocenters. The molecule has 0 saturated carbocycles. The van der Waals surface area contributed by atoms with Gasteiger partial charge in [0.1, 0.15) is 11.6 Å². The maximum Gasteiger partial charge on any atom is 0.408 e. The molecule has 1 N–H and O–H groups in total. The predicted octanol–water partition coefficient (Wildman–Crippen LogP) is 3.69. The highest BCUT2D eigenvalue weighted by Gasteiger charge is 2.29. The first kappa shape index (κ1) is 15.8. The Morgan fingerprint density at radius 1 is 1.52 bits per heavy atom. The maximum atomic E-state index is 12.3. The highest BCUT2D eigenvalue weighted by molar-refractivity contribution is 7.08. The lowest BCUT2D eigenvalue weighted by atomic mass is 10.2. The van der Waals surface area contributed by atoms with E-state index in [1.165, 1.54) is 11.3 Å². The zero-order valence-electron chi connectivity index (χ0n) is 10.8. The van der Waals surface area contributed by atoms with Crippen LogP contribution in [0, 0.1) is 0 Å². The lowest BCUT2D eigenvalue weighted by molar-refractivity contribution is -0.143. The number of hydrogen-bond acceptors (Lipinski definition) is 4. The molecule has 0 spiro atoms. The molecule has 2 aromatic heterocycles. The first-order valence-electron chi connectivity index (χ1n) is 5.89. The minimum absolute atomic E-state index is 0.145. The number of anilines is 1. The number of aromatic nitrogens is 2. The van der Waals surface area contributed by atoms with Crippen molar-refractivity contribution in [2.24, 2.45) is 0 Å². The quantitative estimate of drug-likeness (QED) is 0.925. The molecule has 0 amide bonds. The molecule has 0 aliphatic carbocycles. The molecule has 0 saturated heterocycles. The minimum atomic E-state index is -4.53. The van der Waals surface area contributed by atoms with Crippen LogP contribution >= 0.6 is 22.9 Å². The van der Waals surface area contributed by atoms with Gasteiger partial charge in [-0.05, 0) is 29.3 Å². The molecule has 2 rings (SSSR count). The van der Waals surface area contributed by atoms with Crippen LogP contribution < -0.4 is 10.9 Å². The van der Waals surface area contributed by atoms with Crippen molar-refractivity contribution in [2.45, 2.75) is 25.7 Å². The normalized spacial score (nSPS) is 13.2. The zero-order valence-corrected chi connectivity index (χ0v) is 12.4. The van der Waals surface area contributed by atoms with Gasteiger partial charge in [0, 0.05) is 6.04 Å². The number of hydrogen-bond donors (Lipinski definition) is 1. The van der Waals surface area contributed by atoms with Gasteiger partial charge in [-0.15, -0.1) is 0 Å². The van der Waals surface area contributed by atoms with E-state index in [-0.39, 0.29) is 16.8 Å². The summed E-state index contributed by atoms with van der Waals surface area (Å²) in [5.41, 5.74) is 0.214. The SMILES string of the molecule is CC(Nc1cnn(CC(F)(F)F)c(=O)c1Cl)c1ccsc1. The van der Waals surface area contributed by atoms with Crippen molar-refractivity contribution in [3.05, 3.63) is 44.0 Å². The van der Waals surface area contributed by atoms with Crippen molar-refractivity contribution in [3.8, 4) is 0 Å². The number of thiophene rings is 1. The molecule has 0 aliphatic rings. The molecule has 0 aliphatic heterocycles. The van der Waals surface area contributed by atoms with E-state index in [9.17, 15) is 18.0 Å². The van der Waals surface area contributed by atoms with Crippen molar-refractivity contribution in [2.75, 3.05) is 5.32 Å². The zero-order chi connectivity index (χ0) is 15.6. The minimum Gasteiger partial charge on any atom is -0.376 e. The third-order valence-electron chi connectivity index (χ3n) is 2.73. The van der Waals surface area contributed by atoms with E-state index >= 15 is 0 Å². The number of nitrogens with zero attached hydrogens (tertiary/aromatic N) is 2. The number of alkyl halides is 3. The van der Waals surface area contributed by atoms with E-state index in [4.69, 9.17) is 11.6 Å². The van der Waals surface area contributed by atoms with Crippen LogP contribution in [-0.4, -0.2) is 16.0 Å².